The predicted octanol–water partition coefficient (Wildman–Crippen LogP) is 1.88. The van der Waals surface area contributed by atoms with Crippen LogP contribution in [-0.2, 0) is 9.59 Å². The molecule has 0 saturated carbocycles. The van der Waals surface area contributed by atoms with Gasteiger partial charge in [-0.1, -0.05) is 13.0 Å². The lowest BCUT2D eigenvalue weighted by molar-refractivity contribution is -0.126. The second kappa shape index (κ2) is 8.81. The lowest BCUT2D eigenvalue weighted by Crippen LogP contribution is -2.44. The van der Waals surface area contributed by atoms with Crippen molar-refractivity contribution < 1.29 is 18.7 Å². The van der Waals surface area contributed by atoms with Crippen LogP contribution in [0.5, 0.6) is 5.75 Å². The summed E-state index contributed by atoms with van der Waals surface area (Å²) in [6.45, 7) is 4.12. The summed E-state index contributed by atoms with van der Waals surface area (Å²) in [5.74, 6) is -1.02. The molecule has 0 aliphatic heterocycles. The third kappa shape index (κ3) is 5.55. The molecule has 2 N–H and O–H groups in total. The Bertz CT molecular complexity index is 558. The maximum absolute atomic E-state index is 13.5. The summed E-state index contributed by atoms with van der Waals surface area (Å²) in [5.41, 5.74) is 0.525. The van der Waals surface area contributed by atoms with Crippen molar-refractivity contribution in [2.75, 3.05) is 13.7 Å². The van der Waals surface area contributed by atoms with Gasteiger partial charge >= 0.3 is 0 Å². The molecule has 0 unspecified atom stereocenters. The molecule has 1 rings (SSSR count). The van der Waals surface area contributed by atoms with E-state index in [1.165, 1.54) is 31.4 Å². The third-order valence-electron chi connectivity index (χ3n) is 2.90. The van der Waals surface area contributed by atoms with Gasteiger partial charge in [0.25, 0.3) is 0 Å². The molecule has 6 heteroatoms. The van der Waals surface area contributed by atoms with E-state index in [2.05, 4.69) is 10.6 Å². The predicted molar refractivity (Wildman–Crippen MR) is 82.9 cm³/mol. The molecule has 0 spiro atoms. The maximum Gasteiger partial charge on any atom is 0.244 e. The SMILES string of the molecule is CCCNC(=O)[C@H](C)NC(=O)/C=C/c1ccc(OC)c(F)c1. The van der Waals surface area contributed by atoms with Gasteiger partial charge in [0, 0.05) is 12.6 Å². The Hall–Kier alpha value is -2.37. The number of hydrogen-bond donors (Lipinski definition) is 2. The molecule has 1 atom stereocenters. The summed E-state index contributed by atoms with van der Waals surface area (Å²) in [6, 6.07) is 3.74. The van der Waals surface area contributed by atoms with Crippen LogP contribution in [-0.4, -0.2) is 31.5 Å². The summed E-state index contributed by atoms with van der Waals surface area (Å²) < 4.78 is 18.3. The smallest absolute Gasteiger partial charge is 0.244 e. The minimum Gasteiger partial charge on any atom is -0.494 e. The highest BCUT2D eigenvalue weighted by Gasteiger charge is 2.13. The fourth-order valence-corrected chi connectivity index (χ4v) is 1.69. The molecule has 0 aromatic heterocycles. The molecule has 1 aromatic rings. The lowest BCUT2D eigenvalue weighted by atomic mass is 10.2. The summed E-state index contributed by atoms with van der Waals surface area (Å²) in [7, 11) is 1.38. The van der Waals surface area contributed by atoms with Crippen molar-refractivity contribution in [2.24, 2.45) is 0 Å². The molecule has 0 radical (unpaired) electrons. The number of carbonyl (C=O) groups is 2. The molecule has 0 aliphatic carbocycles. The van der Waals surface area contributed by atoms with Crippen LogP contribution < -0.4 is 15.4 Å². The standard InChI is InChI=1S/C16H21FN2O3/c1-4-9-18-16(21)11(2)19-15(20)8-6-12-5-7-14(22-3)13(17)10-12/h5-8,10-11H,4,9H2,1-3H3,(H,18,21)(H,19,20)/b8-6+/t11-/m0/s1. The van der Waals surface area contributed by atoms with E-state index >= 15 is 0 Å². The number of rotatable bonds is 7. The van der Waals surface area contributed by atoms with E-state index < -0.39 is 17.8 Å². The number of methoxy groups -OCH3 is 1. The van der Waals surface area contributed by atoms with Crippen molar-refractivity contribution >= 4 is 17.9 Å². The first kappa shape index (κ1) is 17.7. The minimum atomic E-state index is -0.628. The topological polar surface area (TPSA) is 67.4 Å². The van der Waals surface area contributed by atoms with Gasteiger partial charge in [0.1, 0.15) is 6.04 Å². The third-order valence-corrected chi connectivity index (χ3v) is 2.90. The summed E-state index contributed by atoms with van der Waals surface area (Å²) >= 11 is 0. The Labute approximate surface area is 129 Å². The Balaban J connectivity index is 2.57. The summed E-state index contributed by atoms with van der Waals surface area (Å²) in [4.78, 5) is 23.3. The van der Waals surface area contributed by atoms with Crippen molar-refractivity contribution in [3.05, 3.63) is 35.7 Å². The van der Waals surface area contributed by atoms with Gasteiger partial charge in [-0.25, -0.2) is 4.39 Å². The Morgan fingerprint density at radius 1 is 1.41 bits per heavy atom. The highest BCUT2D eigenvalue weighted by molar-refractivity contribution is 5.95. The number of hydrogen-bond acceptors (Lipinski definition) is 3. The average molecular weight is 308 g/mol. The van der Waals surface area contributed by atoms with E-state index in [1.54, 1.807) is 13.0 Å². The van der Waals surface area contributed by atoms with E-state index in [0.29, 0.717) is 12.1 Å². The fourth-order valence-electron chi connectivity index (χ4n) is 1.69. The van der Waals surface area contributed by atoms with Gasteiger partial charge in [0.2, 0.25) is 11.8 Å². The molecule has 0 heterocycles. The Morgan fingerprint density at radius 3 is 2.73 bits per heavy atom. The normalized spacial score (nSPS) is 12.0. The molecular weight excluding hydrogens is 287 g/mol. The first-order valence-electron chi connectivity index (χ1n) is 7.07. The van der Waals surface area contributed by atoms with Crippen LogP contribution in [0, 0.1) is 5.82 Å². The molecule has 5 nitrogen and oxygen atoms in total. The summed E-state index contributed by atoms with van der Waals surface area (Å²) in [6.07, 6.45) is 3.55. The van der Waals surface area contributed by atoms with Gasteiger partial charge in [-0.15, -0.1) is 0 Å². The zero-order chi connectivity index (χ0) is 16.5. The van der Waals surface area contributed by atoms with E-state index in [0.717, 1.165) is 6.42 Å². The van der Waals surface area contributed by atoms with Crippen molar-refractivity contribution in [1.82, 2.24) is 10.6 Å². The Morgan fingerprint density at radius 2 is 2.14 bits per heavy atom. The molecule has 120 valence electrons. The highest BCUT2D eigenvalue weighted by atomic mass is 19.1. The number of amides is 2. The van der Waals surface area contributed by atoms with Gasteiger partial charge < -0.3 is 15.4 Å². The second-order valence-corrected chi connectivity index (χ2v) is 4.75. The van der Waals surface area contributed by atoms with Gasteiger partial charge in [-0.3, -0.25) is 9.59 Å². The number of ether oxygens (including phenoxy) is 1. The zero-order valence-corrected chi connectivity index (χ0v) is 13.0. The molecule has 0 fully saturated rings. The van der Waals surface area contributed by atoms with Crippen LogP contribution in [0.3, 0.4) is 0 Å². The van der Waals surface area contributed by atoms with Crippen LogP contribution in [0.1, 0.15) is 25.8 Å². The van der Waals surface area contributed by atoms with Crippen molar-refractivity contribution in [3.63, 3.8) is 0 Å². The number of benzene rings is 1. The molecule has 0 bridgehead atoms. The van der Waals surface area contributed by atoms with Crippen LogP contribution >= 0.6 is 0 Å². The van der Waals surface area contributed by atoms with E-state index in [1.807, 2.05) is 6.92 Å². The van der Waals surface area contributed by atoms with Crippen LogP contribution in [0.25, 0.3) is 6.08 Å². The largest absolute Gasteiger partial charge is 0.494 e. The van der Waals surface area contributed by atoms with Crippen LogP contribution in [0.4, 0.5) is 4.39 Å². The van der Waals surface area contributed by atoms with Gasteiger partial charge in [-0.2, -0.15) is 0 Å². The van der Waals surface area contributed by atoms with E-state index in [-0.39, 0.29) is 11.7 Å². The second-order valence-electron chi connectivity index (χ2n) is 4.75. The van der Waals surface area contributed by atoms with Gasteiger partial charge in [0.15, 0.2) is 11.6 Å². The molecular formula is C16H21FN2O3. The first-order valence-corrected chi connectivity index (χ1v) is 7.07. The fraction of sp³-hybridized carbons (Fsp3) is 0.375. The molecule has 22 heavy (non-hydrogen) atoms. The Kier molecular flexibility index (Phi) is 7.08. The van der Waals surface area contributed by atoms with Crippen LogP contribution in [0.2, 0.25) is 0 Å². The average Bonchev–Trinajstić information content (AvgIpc) is 2.50. The number of nitrogens with one attached hydrogen (secondary N) is 2. The minimum absolute atomic E-state index is 0.141. The number of carbonyl (C=O) groups excluding carboxylic acids is 2. The van der Waals surface area contributed by atoms with Crippen molar-refractivity contribution in [2.45, 2.75) is 26.3 Å². The number of halogens is 1. The molecule has 0 aliphatic rings. The van der Waals surface area contributed by atoms with Gasteiger partial charge in [0.05, 0.1) is 7.11 Å². The van der Waals surface area contributed by atoms with Crippen molar-refractivity contribution in [3.8, 4) is 5.75 Å². The molecule has 1 aromatic carbocycles. The van der Waals surface area contributed by atoms with E-state index in [9.17, 15) is 14.0 Å². The highest BCUT2D eigenvalue weighted by Crippen LogP contribution is 2.18. The molecule has 0 saturated heterocycles. The molecule has 2 amide bonds. The zero-order valence-electron chi connectivity index (χ0n) is 13.0. The van der Waals surface area contributed by atoms with E-state index in [4.69, 9.17) is 4.74 Å². The summed E-state index contributed by atoms with van der Waals surface area (Å²) in [5, 5.41) is 5.23. The lowest BCUT2D eigenvalue weighted by Gasteiger charge is -2.12. The van der Waals surface area contributed by atoms with Crippen LogP contribution in [0.15, 0.2) is 24.3 Å². The quantitative estimate of drug-likeness (QED) is 0.756. The maximum atomic E-state index is 13.5. The van der Waals surface area contributed by atoms with Gasteiger partial charge in [-0.05, 0) is 37.1 Å². The first-order chi connectivity index (χ1) is 10.5. The van der Waals surface area contributed by atoms with Crippen molar-refractivity contribution in [1.29, 1.82) is 0 Å². The monoisotopic (exact) mass is 308 g/mol.